The monoisotopic (exact) mass is 555 g/mol. The third kappa shape index (κ3) is 5.06. The van der Waals surface area contributed by atoms with Crippen molar-refractivity contribution in [2.45, 2.75) is 46.6 Å². The van der Waals surface area contributed by atoms with Crippen LogP contribution >= 0.6 is 15.9 Å². The van der Waals surface area contributed by atoms with Crippen LogP contribution in [0.5, 0.6) is 0 Å². The topological polar surface area (TPSA) is 53.1 Å². The Kier molecular flexibility index (Phi) is 7.30. The van der Waals surface area contributed by atoms with Gasteiger partial charge in [-0.05, 0) is 79.4 Å². The highest BCUT2D eigenvalue weighted by Crippen LogP contribution is 2.45. The van der Waals surface area contributed by atoms with Gasteiger partial charge in [0.1, 0.15) is 17.1 Å². The fraction of sp³-hybridized carbons (Fsp3) is 0.393. The summed E-state index contributed by atoms with van der Waals surface area (Å²) >= 11 is 3.33. The van der Waals surface area contributed by atoms with Crippen LogP contribution in [0.2, 0.25) is 0 Å². The average molecular weight is 556 g/mol. The highest BCUT2D eigenvalue weighted by molar-refractivity contribution is 9.10. The summed E-state index contributed by atoms with van der Waals surface area (Å²) in [6.07, 6.45) is 2.21. The van der Waals surface area contributed by atoms with E-state index in [-0.39, 0.29) is 11.9 Å². The van der Waals surface area contributed by atoms with E-state index in [2.05, 4.69) is 33.7 Å². The number of allylic oxidation sites excluding steroid dienone is 1. The molecule has 0 N–H and O–H groups in total. The fourth-order valence-corrected chi connectivity index (χ4v) is 5.02. The van der Waals surface area contributed by atoms with E-state index in [1.165, 1.54) is 6.07 Å². The van der Waals surface area contributed by atoms with Crippen molar-refractivity contribution < 1.29 is 18.7 Å². The van der Waals surface area contributed by atoms with Crippen LogP contribution in [-0.4, -0.2) is 53.6 Å². The average Bonchev–Trinajstić information content (AvgIpc) is 2.83. The van der Waals surface area contributed by atoms with E-state index in [1.54, 1.807) is 17.0 Å². The van der Waals surface area contributed by atoms with E-state index >= 15 is 0 Å². The molecule has 0 aliphatic carbocycles. The zero-order valence-electron chi connectivity index (χ0n) is 21.3. The quantitative estimate of drug-likeness (QED) is 0.421. The minimum Gasteiger partial charge on any atom is -0.444 e. The molecule has 1 saturated heterocycles. The first-order valence-corrected chi connectivity index (χ1v) is 12.9. The summed E-state index contributed by atoms with van der Waals surface area (Å²) < 4.78 is 20.7. The Morgan fingerprint density at radius 3 is 2.47 bits per heavy atom. The number of anilines is 2. The van der Waals surface area contributed by atoms with Crippen molar-refractivity contribution in [3.05, 3.63) is 69.1 Å². The molecule has 190 valence electrons. The molecule has 1 amide bonds. The number of aryl methyl sites for hydroxylation is 2. The molecule has 2 aromatic rings. The normalized spacial score (nSPS) is 15.9. The lowest BCUT2D eigenvalue weighted by Gasteiger charge is -2.41. The number of amides is 1. The minimum atomic E-state index is -0.565. The molecule has 0 radical (unpaired) electrons. The SMILES string of the molecule is CCc1cccc(C)c1N1C(=C=O)C=C(N2CCN(C(=O)OC(C)(C)C)CC2)c2cc(F)c(Br)cc21. The predicted octanol–water partition coefficient (Wildman–Crippen LogP) is 6.22. The number of piperazine rings is 1. The Hall–Kier alpha value is -3.09. The molecule has 0 spiro atoms. The number of ether oxygens (including phenoxy) is 1. The van der Waals surface area contributed by atoms with Gasteiger partial charge in [-0.1, -0.05) is 25.1 Å². The Morgan fingerprint density at radius 2 is 1.86 bits per heavy atom. The lowest BCUT2D eigenvalue weighted by Crippen LogP contribution is -2.49. The maximum atomic E-state index is 14.8. The molecule has 36 heavy (non-hydrogen) atoms. The molecule has 1 fully saturated rings. The first-order valence-electron chi connectivity index (χ1n) is 12.1. The molecular formula is C28H31BrFN3O3. The molecule has 8 heteroatoms. The van der Waals surface area contributed by atoms with Crippen LogP contribution in [0.1, 0.15) is 44.4 Å². The van der Waals surface area contributed by atoms with E-state index in [9.17, 15) is 14.0 Å². The molecule has 0 unspecified atom stereocenters. The van der Waals surface area contributed by atoms with E-state index in [0.29, 0.717) is 47.6 Å². The molecule has 4 rings (SSSR count). The Labute approximate surface area is 220 Å². The van der Waals surface area contributed by atoms with Gasteiger partial charge >= 0.3 is 6.09 Å². The summed E-state index contributed by atoms with van der Waals surface area (Å²) in [6.45, 7) is 11.6. The highest BCUT2D eigenvalue weighted by atomic mass is 79.9. The van der Waals surface area contributed by atoms with Gasteiger partial charge in [-0.15, -0.1) is 0 Å². The van der Waals surface area contributed by atoms with E-state index in [0.717, 1.165) is 28.9 Å². The molecule has 0 saturated carbocycles. The second-order valence-corrected chi connectivity index (χ2v) is 10.9. The number of fused-ring (bicyclic) bond motifs is 1. The van der Waals surface area contributed by atoms with Crippen LogP contribution in [-0.2, 0) is 16.0 Å². The second-order valence-electron chi connectivity index (χ2n) is 10.0. The maximum absolute atomic E-state index is 14.8. The number of benzene rings is 2. The molecular weight excluding hydrogens is 525 g/mol. The van der Waals surface area contributed by atoms with Crippen molar-refractivity contribution in [1.29, 1.82) is 0 Å². The van der Waals surface area contributed by atoms with Crippen molar-refractivity contribution in [1.82, 2.24) is 9.80 Å². The molecule has 0 bridgehead atoms. The summed E-state index contributed by atoms with van der Waals surface area (Å²) in [5.41, 5.74) is 4.92. The third-order valence-electron chi connectivity index (χ3n) is 6.37. The highest BCUT2D eigenvalue weighted by Gasteiger charge is 2.33. The summed E-state index contributed by atoms with van der Waals surface area (Å²) in [7, 11) is 0. The van der Waals surface area contributed by atoms with Crippen LogP contribution in [0.3, 0.4) is 0 Å². The number of halogens is 2. The molecule has 2 aliphatic heterocycles. The van der Waals surface area contributed by atoms with Gasteiger partial charge in [0.05, 0.1) is 15.8 Å². The first kappa shape index (κ1) is 26.0. The standard InChI is InChI=1S/C28H31BrFN3O3/c1-6-19-9-7-8-18(2)26(19)33-20(17-34)14-24(21-15-23(30)22(29)16-25(21)33)31-10-12-32(13-11-31)27(35)36-28(3,4)5/h7-9,14-16H,6,10-13H2,1-5H3. The van der Waals surface area contributed by atoms with Crippen molar-refractivity contribution in [3.8, 4) is 0 Å². The van der Waals surface area contributed by atoms with Gasteiger partial charge in [0.15, 0.2) is 5.94 Å². The largest absolute Gasteiger partial charge is 0.444 e. The van der Waals surface area contributed by atoms with Gasteiger partial charge in [0.25, 0.3) is 0 Å². The van der Waals surface area contributed by atoms with Gasteiger partial charge in [-0.2, -0.15) is 0 Å². The molecule has 2 aromatic carbocycles. The minimum absolute atomic E-state index is 0.319. The number of nitrogens with zero attached hydrogens (tertiary/aromatic N) is 3. The molecule has 2 aliphatic rings. The zero-order chi connectivity index (χ0) is 26.2. The van der Waals surface area contributed by atoms with E-state index < -0.39 is 5.60 Å². The van der Waals surface area contributed by atoms with Crippen molar-refractivity contribution in [3.63, 3.8) is 0 Å². The van der Waals surface area contributed by atoms with Crippen molar-refractivity contribution in [2.24, 2.45) is 0 Å². The van der Waals surface area contributed by atoms with Crippen molar-refractivity contribution in [2.75, 3.05) is 31.1 Å². The predicted molar refractivity (Wildman–Crippen MR) is 143 cm³/mol. The number of hydrogen-bond acceptors (Lipinski definition) is 5. The number of rotatable bonds is 3. The number of hydrogen-bond donors (Lipinski definition) is 0. The van der Waals surface area contributed by atoms with Crippen LogP contribution in [0.25, 0.3) is 5.70 Å². The van der Waals surface area contributed by atoms with Gasteiger partial charge in [-0.25, -0.2) is 14.0 Å². The van der Waals surface area contributed by atoms with Gasteiger partial charge in [0, 0.05) is 37.4 Å². The van der Waals surface area contributed by atoms with E-state index in [4.69, 9.17) is 4.74 Å². The molecule has 0 atom stereocenters. The van der Waals surface area contributed by atoms with Crippen LogP contribution in [0.4, 0.5) is 20.6 Å². The summed E-state index contributed by atoms with van der Waals surface area (Å²) in [5, 5.41) is 0. The number of para-hydroxylation sites is 1. The maximum Gasteiger partial charge on any atom is 0.410 e. The van der Waals surface area contributed by atoms with Crippen LogP contribution in [0, 0.1) is 12.7 Å². The van der Waals surface area contributed by atoms with Crippen LogP contribution < -0.4 is 4.90 Å². The molecule has 0 aromatic heterocycles. The summed E-state index contributed by atoms with van der Waals surface area (Å²) in [5.74, 6) is 1.74. The third-order valence-corrected chi connectivity index (χ3v) is 6.98. The fourth-order valence-electron chi connectivity index (χ4n) is 4.69. The summed E-state index contributed by atoms with van der Waals surface area (Å²) in [4.78, 5) is 30.5. The number of carbonyl (C=O) groups excluding carboxylic acids is 2. The van der Waals surface area contributed by atoms with Gasteiger partial charge < -0.3 is 14.5 Å². The first-order chi connectivity index (χ1) is 17.0. The Morgan fingerprint density at radius 1 is 1.17 bits per heavy atom. The van der Waals surface area contributed by atoms with E-state index in [1.807, 2.05) is 50.8 Å². The zero-order valence-corrected chi connectivity index (χ0v) is 22.9. The number of carbonyl (C=O) groups is 1. The smallest absolute Gasteiger partial charge is 0.410 e. The molecule has 2 heterocycles. The van der Waals surface area contributed by atoms with Crippen molar-refractivity contribution >= 4 is 45.0 Å². The Balaban J connectivity index is 1.74. The van der Waals surface area contributed by atoms with Crippen LogP contribution in [0.15, 0.2) is 46.6 Å². The Bertz CT molecular complexity index is 1270. The lowest BCUT2D eigenvalue weighted by molar-refractivity contribution is 0.0182. The summed E-state index contributed by atoms with van der Waals surface area (Å²) in [6, 6.07) is 9.27. The van der Waals surface area contributed by atoms with Gasteiger partial charge in [-0.3, -0.25) is 4.90 Å². The lowest BCUT2D eigenvalue weighted by atomic mass is 9.97. The van der Waals surface area contributed by atoms with Gasteiger partial charge in [0.2, 0.25) is 0 Å². The second kappa shape index (κ2) is 10.1. The molecule has 6 nitrogen and oxygen atoms in total.